The number of hydrogen-bond donors (Lipinski definition) is 4. The molecule has 2 amide bonds. The highest BCUT2D eigenvalue weighted by atomic mass is 16.2. The van der Waals surface area contributed by atoms with E-state index in [9.17, 15) is 9.59 Å². The van der Waals surface area contributed by atoms with E-state index in [4.69, 9.17) is 11.5 Å². The van der Waals surface area contributed by atoms with Gasteiger partial charge in [-0.3, -0.25) is 9.59 Å². The van der Waals surface area contributed by atoms with Crippen molar-refractivity contribution in [3.63, 3.8) is 0 Å². The molecule has 1 unspecified atom stereocenters. The number of primary amides is 1. The first kappa shape index (κ1) is 10.9. The molecule has 1 aliphatic rings. The molecule has 6 nitrogen and oxygen atoms in total. The summed E-state index contributed by atoms with van der Waals surface area (Å²) in [5.41, 5.74) is 10.3. The SMILES string of the molecule is NC(=O)C(N)CNCC(=O)NC1CC1. The Labute approximate surface area is 82.4 Å². The highest BCUT2D eigenvalue weighted by molar-refractivity contribution is 5.80. The third-order valence-corrected chi connectivity index (χ3v) is 1.96. The quantitative estimate of drug-likeness (QED) is 0.385. The Bertz CT molecular complexity index is 227. The van der Waals surface area contributed by atoms with E-state index in [0.717, 1.165) is 12.8 Å². The Morgan fingerprint density at radius 1 is 1.43 bits per heavy atom. The molecular formula is C8H16N4O2. The standard InChI is InChI=1S/C8H16N4O2/c9-6(8(10)14)3-11-4-7(13)12-5-1-2-5/h5-6,11H,1-4,9H2,(H2,10,14)(H,12,13). The van der Waals surface area contributed by atoms with Gasteiger partial charge in [0.2, 0.25) is 11.8 Å². The van der Waals surface area contributed by atoms with E-state index in [0.29, 0.717) is 6.04 Å². The van der Waals surface area contributed by atoms with Crippen LogP contribution in [-0.4, -0.2) is 37.0 Å². The zero-order chi connectivity index (χ0) is 10.6. The number of hydrogen-bond acceptors (Lipinski definition) is 4. The van der Waals surface area contributed by atoms with Crippen molar-refractivity contribution < 1.29 is 9.59 Å². The number of amides is 2. The van der Waals surface area contributed by atoms with Gasteiger partial charge in [-0.15, -0.1) is 0 Å². The van der Waals surface area contributed by atoms with Crippen LogP contribution < -0.4 is 22.1 Å². The van der Waals surface area contributed by atoms with E-state index in [1.54, 1.807) is 0 Å². The van der Waals surface area contributed by atoms with Crippen molar-refractivity contribution in [2.24, 2.45) is 11.5 Å². The molecule has 1 saturated carbocycles. The Morgan fingerprint density at radius 2 is 2.07 bits per heavy atom. The minimum absolute atomic E-state index is 0.0656. The zero-order valence-corrected chi connectivity index (χ0v) is 7.95. The van der Waals surface area contributed by atoms with E-state index >= 15 is 0 Å². The zero-order valence-electron chi connectivity index (χ0n) is 7.95. The third-order valence-electron chi connectivity index (χ3n) is 1.96. The van der Waals surface area contributed by atoms with Crippen LogP contribution >= 0.6 is 0 Å². The molecule has 1 rings (SSSR count). The second-order valence-electron chi connectivity index (χ2n) is 3.48. The van der Waals surface area contributed by atoms with Crippen molar-refractivity contribution >= 4 is 11.8 Å². The van der Waals surface area contributed by atoms with Gasteiger partial charge in [0.15, 0.2) is 0 Å². The first-order valence-electron chi connectivity index (χ1n) is 4.64. The van der Waals surface area contributed by atoms with Gasteiger partial charge in [-0.2, -0.15) is 0 Å². The van der Waals surface area contributed by atoms with Gasteiger partial charge >= 0.3 is 0 Å². The first-order valence-corrected chi connectivity index (χ1v) is 4.64. The maximum Gasteiger partial charge on any atom is 0.235 e. The van der Waals surface area contributed by atoms with Crippen molar-refractivity contribution in [3.05, 3.63) is 0 Å². The average Bonchev–Trinajstić information content (AvgIpc) is 2.87. The molecule has 1 aliphatic carbocycles. The summed E-state index contributed by atoms with van der Waals surface area (Å²) in [7, 11) is 0. The highest BCUT2D eigenvalue weighted by Gasteiger charge is 2.22. The van der Waals surface area contributed by atoms with Crippen LogP contribution in [0, 0.1) is 0 Å². The molecule has 0 aliphatic heterocycles. The summed E-state index contributed by atoms with van der Waals surface area (Å²) in [6, 6.07) is -0.377. The maximum atomic E-state index is 11.1. The van der Waals surface area contributed by atoms with Crippen LogP contribution in [-0.2, 0) is 9.59 Å². The van der Waals surface area contributed by atoms with E-state index < -0.39 is 11.9 Å². The molecule has 0 aromatic rings. The molecular weight excluding hydrogens is 184 g/mol. The maximum absolute atomic E-state index is 11.1. The summed E-state index contributed by atoms with van der Waals surface area (Å²) < 4.78 is 0. The van der Waals surface area contributed by atoms with Gasteiger partial charge in [0.05, 0.1) is 12.6 Å². The molecule has 0 heterocycles. The molecule has 14 heavy (non-hydrogen) atoms. The molecule has 80 valence electrons. The van der Waals surface area contributed by atoms with Gasteiger partial charge in [-0.05, 0) is 12.8 Å². The Hall–Kier alpha value is -1.14. The molecule has 1 atom stereocenters. The second kappa shape index (κ2) is 4.92. The summed E-state index contributed by atoms with van der Waals surface area (Å²) >= 11 is 0. The molecule has 6 N–H and O–H groups in total. The molecule has 6 heteroatoms. The third kappa shape index (κ3) is 4.20. The Kier molecular flexibility index (Phi) is 3.84. The second-order valence-corrected chi connectivity index (χ2v) is 3.48. The summed E-state index contributed by atoms with van der Waals surface area (Å²) in [5, 5.41) is 5.56. The largest absolute Gasteiger partial charge is 0.368 e. The fourth-order valence-corrected chi connectivity index (χ4v) is 0.948. The fourth-order valence-electron chi connectivity index (χ4n) is 0.948. The summed E-state index contributed by atoms with van der Waals surface area (Å²) in [6.07, 6.45) is 2.12. The van der Waals surface area contributed by atoms with Gasteiger partial charge in [0.1, 0.15) is 0 Å². The first-order chi connectivity index (χ1) is 6.59. The highest BCUT2D eigenvalue weighted by Crippen LogP contribution is 2.17. The van der Waals surface area contributed by atoms with Crippen molar-refractivity contribution in [1.82, 2.24) is 10.6 Å². The topological polar surface area (TPSA) is 110 Å². The molecule has 0 spiro atoms. The van der Waals surface area contributed by atoms with Crippen LogP contribution in [0.3, 0.4) is 0 Å². The van der Waals surface area contributed by atoms with Gasteiger partial charge < -0.3 is 22.1 Å². The Balaban J connectivity index is 2.01. The van der Waals surface area contributed by atoms with Crippen molar-refractivity contribution in [3.8, 4) is 0 Å². The molecule has 0 aromatic heterocycles. The van der Waals surface area contributed by atoms with Gasteiger partial charge in [0, 0.05) is 12.6 Å². The summed E-state index contributed by atoms with van der Waals surface area (Å²) in [6.45, 7) is 0.408. The van der Waals surface area contributed by atoms with Crippen molar-refractivity contribution in [1.29, 1.82) is 0 Å². The number of carbonyl (C=O) groups excluding carboxylic acids is 2. The van der Waals surface area contributed by atoms with Gasteiger partial charge in [-0.1, -0.05) is 0 Å². The normalized spacial score (nSPS) is 17.5. The predicted molar refractivity (Wildman–Crippen MR) is 51.2 cm³/mol. The molecule has 1 fully saturated rings. The minimum Gasteiger partial charge on any atom is -0.368 e. The van der Waals surface area contributed by atoms with E-state index in [-0.39, 0.29) is 19.0 Å². The lowest BCUT2D eigenvalue weighted by atomic mass is 10.3. The lowest BCUT2D eigenvalue weighted by Gasteiger charge is -2.08. The smallest absolute Gasteiger partial charge is 0.235 e. The predicted octanol–water partition coefficient (Wildman–Crippen LogP) is -2.33. The van der Waals surface area contributed by atoms with Crippen LogP contribution in [0.5, 0.6) is 0 Å². The lowest BCUT2D eigenvalue weighted by Crippen LogP contribution is -2.46. The molecule has 0 bridgehead atoms. The molecule has 0 saturated heterocycles. The number of carbonyl (C=O) groups is 2. The summed E-state index contributed by atoms with van der Waals surface area (Å²) in [5.74, 6) is -0.635. The van der Waals surface area contributed by atoms with Crippen molar-refractivity contribution in [2.45, 2.75) is 24.9 Å². The molecule has 0 aromatic carbocycles. The summed E-state index contributed by atoms with van der Waals surface area (Å²) in [4.78, 5) is 21.6. The number of nitrogens with two attached hydrogens (primary N) is 2. The average molecular weight is 200 g/mol. The monoisotopic (exact) mass is 200 g/mol. The minimum atomic E-state index is -0.733. The van der Waals surface area contributed by atoms with Gasteiger partial charge in [-0.25, -0.2) is 0 Å². The molecule has 0 radical (unpaired) electrons. The van der Waals surface area contributed by atoms with Crippen LogP contribution in [0.25, 0.3) is 0 Å². The van der Waals surface area contributed by atoms with Crippen LogP contribution in [0.1, 0.15) is 12.8 Å². The fraction of sp³-hybridized carbons (Fsp3) is 0.750. The van der Waals surface area contributed by atoms with Crippen LogP contribution in [0.15, 0.2) is 0 Å². The Morgan fingerprint density at radius 3 is 2.57 bits per heavy atom. The van der Waals surface area contributed by atoms with E-state index in [2.05, 4.69) is 10.6 Å². The van der Waals surface area contributed by atoms with Gasteiger partial charge in [0.25, 0.3) is 0 Å². The van der Waals surface area contributed by atoms with E-state index in [1.165, 1.54) is 0 Å². The number of rotatable bonds is 6. The van der Waals surface area contributed by atoms with Crippen LogP contribution in [0.4, 0.5) is 0 Å². The van der Waals surface area contributed by atoms with Crippen LogP contribution in [0.2, 0.25) is 0 Å². The van der Waals surface area contributed by atoms with E-state index in [1.807, 2.05) is 0 Å². The number of nitrogens with one attached hydrogen (secondary N) is 2. The lowest BCUT2D eigenvalue weighted by molar-refractivity contribution is -0.121. The van der Waals surface area contributed by atoms with Crippen molar-refractivity contribution in [2.75, 3.05) is 13.1 Å².